The Hall–Kier alpha value is -1.10. The predicted molar refractivity (Wildman–Crippen MR) is 68.8 cm³/mol. The van der Waals surface area contributed by atoms with Gasteiger partial charge in [0.15, 0.2) is 0 Å². The number of likely N-dealkylation sites (tertiary alicyclic amines) is 1. The number of hydrogen-bond acceptors (Lipinski definition) is 4. The molecule has 2 atom stereocenters. The van der Waals surface area contributed by atoms with Crippen LogP contribution in [0.1, 0.15) is 47.0 Å². The van der Waals surface area contributed by atoms with E-state index in [4.69, 9.17) is 10.5 Å². The Labute approximate surface area is 109 Å². The van der Waals surface area contributed by atoms with Gasteiger partial charge in [0, 0.05) is 6.04 Å². The third kappa shape index (κ3) is 4.29. The van der Waals surface area contributed by atoms with E-state index in [0.29, 0.717) is 6.42 Å². The second-order valence-corrected chi connectivity index (χ2v) is 5.94. The van der Waals surface area contributed by atoms with E-state index < -0.39 is 11.6 Å². The highest BCUT2D eigenvalue weighted by molar-refractivity contribution is 5.86. The van der Waals surface area contributed by atoms with E-state index in [1.807, 2.05) is 27.7 Å². The second kappa shape index (κ2) is 5.69. The predicted octanol–water partition coefficient (Wildman–Crippen LogP) is 1.06. The topological polar surface area (TPSA) is 72.6 Å². The smallest absolute Gasteiger partial charge is 0.326 e. The van der Waals surface area contributed by atoms with E-state index in [2.05, 4.69) is 0 Å². The summed E-state index contributed by atoms with van der Waals surface area (Å²) in [6.07, 6.45) is 2.48. The van der Waals surface area contributed by atoms with Gasteiger partial charge in [0.1, 0.15) is 12.1 Å². The lowest BCUT2D eigenvalue weighted by atomic mass is 10.1. The highest BCUT2D eigenvalue weighted by Crippen LogP contribution is 2.17. The normalized spacial score (nSPS) is 25.8. The molecular formula is C13H24N2O3. The number of nitrogens with two attached hydrogens (primary N) is 1. The molecule has 0 aromatic heterocycles. The first-order valence-corrected chi connectivity index (χ1v) is 6.48. The molecule has 104 valence electrons. The quantitative estimate of drug-likeness (QED) is 0.750. The Balaban J connectivity index is 2.67. The molecule has 1 heterocycles. The molecule has 5 nitrogen and oxygen atoms in total. The number of carbonyl (C=O) groups is 2. The first kappa shape index (κ1) is 15.0. The zero-order valence-electron chi connectivity index (χ0n) is 11.7. The molecule has 0 saturated carbocycles. The van der Waals surface area contributed by atoms with Crippen LogP contribution < -0.4 is 5.73 Å². The van der Waals surface area contributed by atoms with Crippen LogP contribution in [0.2, 0.25) is 0 Å². The van der Waals surface area contributed by atoms with Crippen molar-refractivity contribution in [3.8, 4) is 0 Å². The summed E-state index contributed by atoms with van der Waals surface area (Å²) in [5.41, 5.74) is 5.26. The molecule has 2 N–H and O–H groups in total. The fourth-order valence-electron chi connectivity index (χ4n) is 2.09. The van der Waals surface area contributed by atoms with Crippen molar-refractivity contribution in [2.75, 3.05) is 6.54 Å². The average Bonchev–Trinajstić information content (AvgIpc) is 2.30. The molecule has 1 fully saturated rings. The Morgan fingerprint density at radius 1 is 1.44 bits per heavy atom. The van der Waals surface area contributed by atoms with Gasteiger partial charge < -0.3 is 15.4 Å². The molecule has 1 aliphatic rings. The van der Waals surface area contributed by atoms with E-state index in [1.165, 1.54) is 0 Å². The van der Waals surface area contributed by atoms with E-state index in [9.17, 15) is 9.59 Å². The molecule has 18 heavy (non-hydrogen) atoms. The van der Waals surface area contributed by atoms with Crippen LogP contribution in [0, 0.1) is 0 Å². The largest absolute Gasteiger partial charge is 0.459 e. The van der Waals surface area contributed by atoms with E-state index >= 15 is 0 Å². The molecular weight excluding hydrogens is 232 g/mol. The number of rotatable bonds is 2. The molecule has 2 unspecified atom stereocenters. The maximum absolute atomic E-state index is 12.0. The van der Waals surface area contributed by atoms with Gasteiger partial charge in [-0.25, -0.2) is 0 Å². The van der Waals surface area contributed by atoms with Crippen molar-refractivity contribution in [2.24, 2.45) is 5.73 Å². The van der Waals surface area contributed by atoms with Crippen molar-refractivity contribution < 1.29 is 14.3 Å². The van der Waals surface area contributed by atoms with Gasteiger partial charge >= 0.3 is 5.97 Å². The number of esters is 1. The Morgan fingerprint density at radius 2 is 2.06 bits per heavy atom. The molecule has 1 aliphatic heterocycles. The van der Waals surface area contributed by atoms with Gasteiger partial charge in [0.25, 0.3) is 0 Å². The summed E-state index contributed by atoms with van der Waals surface area (Å²) in [7, 11) is 0. The van der Waals surface area contributed by atoms with E-state index in [1.54, 1.807) is 4.90 Å². The lowest BCUT2D eigenvalue weighted by Gasteiger charge is -2.29. The molecule has 0 radical (unpaired) electrons. The van der Waals surface area contributed by atoms with Gasteiger partial charge in [-0.15, -0.1) is 0 Å². The van der Waals surface area contributed by atoms with E-state index in [0.717, 1.165) is 12.8 Å². The van der Waals surface area contributed by atoms with Crippen LogP contribution in [0.15, 0.2) is 0 Å². The molecule has 0 spiro atoms. The van der Waals surface area contributed by atoms with Crippen LogP contribution in [0.25, 0.3) is 0 Å². The summed E-state index contributed by atoms with van der Waals surface area (Å²) >= 11 is 0. The summed E-state index contributed by atoms with van der Waals surface area (Å²) in [5.74, 6) is -0.525. The van der Waals surface area contributed by atoms with Crippen LogP contribution in [0.3, 0.4) is 0 Å². The fourth-order valence-corrected chi connectivity index (χ4v) is 2.09. The fraction of sp³-hybridized carbons (Fsp3) is 0.846. The summed E-state index contributed by atoms with van der Waals surface area (Å²) in [4.78, 5) is 25.4. The van der Waals surface area contributed by atoms with Gasteiger partial charge in [-0.3, -0.25) is 9.59 Å². The van der Waals surface area contributed by atoms with Crippen molar-refractivity contribution in [1.29, 1.82) is 0 Å². The summed E-state index contributed by atoms with van der Waals surface area (Å²) < 4.78 is 5.24. The minimum absolute atomic E-state index is 0.00896. The molecule has 5 heteroatoms. The second-order valence-electron chi connectivity index (χ2n) is 5.94. The highest BCUT2D eigenvalue weighted by atomic mass is 16.6. The first-order valence-electron chi connectivity index (χ1n) is 6.48. The summed E-state index contributed by atoms with van der Waals surface area (Å²) in [5, 5.41) is 0. The van der Waals surface area contributed by atoms with Gasteiger partial charge in [-0.2, -0.15) is 0 Å². The maximum atomic E-state index is 12.0. The standard InChI is InChI=1S/C13H24N2O3/c1-9-6-5-7-10(14)12(17)15(9)8-11(16)18-13(2,3)4/h9-10H,5-8,14H2,1-4H3. The summed E-state index contributed by atoms with van der Waals surface area (Å²) in [6.45, 7) is 7.37. The van der Waals surface area contributed by atoms with Crippen LogP contribution in [0.5, 0.6) is 0 Å². The molecule has 1 rings (SSSR count). The van der Waals surface area contributed by atoms with Gasteiger partial charge in [0.05, 0.1) is 6.04 Å². The zero-order chi connectivity index (χ0) is 13.9. The van der Waals surface area contributed by atoms with Crippen LogP contribution in [-0.4, -0.2) is 41.0 Å². The average molecular weight is 256 g/mol. The third-order valence-electron chi connectivity index (χ3n) is 2.99. The first-order chi connectivity index (χ1) is 8.20. The molecule has 1 amide bonds. The van der Waals surface area contributed by atoms with Crippen molar-refractivity contribution >= 4 is 11.9 Å². The van der Waals surface area contributed by atoms with Crippen LogP contribution in [0.4, 0.5) is 0 Å². The van der Waals surface area contributed by atoms with Crippen molar-refractivity contribution in [1.82, 2.24) is 4.90 Å². The number of carbonyl (C=O) groups excluding carboxylic acids is 2. The molecule has 1 saturated heterocycles. The Kier molecular flexibility index (Phi) is 4.73. The van der Waals surface area contributed by atoms with Gasteiger partial charge in [0.2, 0.25) is 5.91 Å². The van der Waals surface area contributed by atoms with Crippen molar-refractivity contribution in [3.05, 3.63) is 0 Å². The Morgan fingerprint density at radius 3 is 2.61 bits per heavy atom. The number of amides is 1. The molecule has 0 aromatic rings. The third-order valence-corrected chi connectivity index (χ3v) is 2.99. The lowest BCUT2D eigenvalue weighted by Crippen LogP contribution is -2.48. The maximum Gasteiger partial charge on any atom is 0.326 e. The Bertz CT molecular complexity index is 323. The molecule has 0 bridgehead atoms. The van der Waals surface area contributed by atoms with Crippen LogP contribution >= 0.6 is 0 Å². The zero-order valence-corrected chi connectivity index (χ0v) is 11.7. The van der Waals surface area contributed by atoms with Gasteiger partial charge in [-0.1, -0.05) is 0 Å². The van der Waals surface area contributed by atoms with Crippen molar-refractivity contribution in [3.63, 3.8) is 0 Å². The van der Waals surface area contributed by atoms with E-state index in [-0.39, 0.29) is 24.5 Å². The van der Waals surface area contributed by atoms with Gasteiger partial charge in [-0.05, 0) is 47.0 Å². The molecule has 0 aromatic carbocycles. The highest BCUT2D eigenvalue weighted by Gasteiger charge is 2.31. The molecule has 0 aliphatic carbocycles. The number of nitrogens with zero attached hydrogens (tertiary/aromatic N) is 1. The minimum Gasteiger partial charge on any atom is -0.459 e. The number of ether oxygens (including phenoxy) is 1. The lowest BCUT2D eigenvalue weighted by molar-refractivity contribution is -0.160. The summed E-state index contributed by atoms with van der Waals surface area (Å²) in [6, 6.07) is -0.448. The van der Waals surface area contributed by atoms with Crippen LogP contribution in [-0.2, 0) is 14.3 Å². The number of hydrogen-bond donors (Lipinski definition) is 1. The SMILES string of the molecule is CC1CCCC(N)C(=O)N1CC(=O)OC(C)(C)C. The monoisotopic (exact) mass is 256 g/mol. The van der Waals surface area contributed by atoms with Crippen molar-refractivity contribution in [2.45, 2.75) is 64.6 Å². The minimum atomic E-state index is -0.530.